The van der Waals surface area contributed by atoms with Crippen molar-refractivity contribution >= 4 is 11.3 Å². The maximum atomic E-state index is 12.9. The molecular formula is C15H15F3N6. The summed E-state index contributed by atoms with van der Waals surface area (Å²) < 4.78 is 41.9. The minimum absolute atomic E-state index is 0.358. The van der Waals surface area contributed by atoms with Crippen molar-refractivity contribution in [3.8, 4) is 0 Å². The van der Waals surface area contributed by atoms with Gasteiger partial charge in [-0.3, -0.25) is 4.68 Å². The van der Waals surface area contributed by atoms with Gasteiger partial charge in [-0.1, -0.05) is 0 Å². The van der Waals surface area contributed by atoms with E-state index in [0.717, 1.165) is 30.2 Å². The lowest BCUT2D eigenvalue weighted by Gasteiger charge is -2.21. The molecule has 4 rings (SSSR count). The van der Waals surface area contributed by atoms with E-state index in [1.165, 1.54) is 16.9 Å². The van der Waals surface area contributed by atoms with E-state index in [0.29, 0.717) is 24.4 Å². The van der Waals surface area contributed by atoms with Crippen molar-refractivity contribution < 1.29 is 13.2 Å². The molecule has 0 unspecified atom stereocenters. The third-order valence-corrected chi connectivity index (χ3v) is 4.31. The second kappa shape index (κ2) is 5.22. The van der Waals surface area contributed by atoms with Crippen LogP contribution in [0, 0.1) is 0 Å². The molecule has 6 nitrogen and oxygen atoms in total. The highest BCUT2D eigenvalue weighted by Gasteiger charge is 2.34. The molecule has 0 radical (unpaired) electrons. The predicted octanol–water partition coefficient (Wildman–Crippen LogP) is 2.43. The summed E-state index contributed by atoms with van der Waals surface area (Å²) in [6.45, 7) is 1.29. The monoisotopic (exact) mass is 336 g/mol. The first-order valence-electron chi connectivity index (χ1n) is 7.60. The van der Waals surface area contributed by atoms with Gasteiger partial charge in [0, 0.05) is 49.9 Å². The molecule has 0 atom stereocenters. The van der Waals surface area contributed by atoms with Crippen LogP contribution in [0.3, 0.4) is 0 Å². The Hall–Kier alpha value is -2.58. The molecule has 0 spiro atoms. The molecule has 126 valence electrons. The fourth-order valence-corrected chi connectivity index (χ4v) is 3.16. The Morgan fingerprint density at radius 3 is 2.88 bits per heavy atom. The predicted molar refractivity (Wildman–Crippen MR) is 80.6 cm³/mol. The van der Waals surface area contributed by atoms with E-state index >= 15 is 0 Å². The van der Waals surface area contributed by atoms with Crippen LogP contribution >= 0.6 is 0 Å². The molecule has 0 N–H and O–H groups in total. The molecule has 0 saturated heterocycles. The zero-order valence-electron chi connectivity index (χ0n) is 13.0. The molecule has 24 heavy (non-hydrogen) atoms. The van der Waals surface area contributed by atoms with Crippen LogP contribution in [0.5, 0.6) is 0 Å². The van der Waals surface area contributed by atoms with Crippen molar-refractivity contribution in [1.82, 2.24) is 24.4 Å². The molecule has 0 aromatic carbocycles. The zero-order valence-corrected chi connectivity index (χ0v) is 13.0. The molecule has 3 aromatic rings. The molecule has 0 fully saturated rings. The van der Waals surface area contributed by atoms with Crippen LogP contribution in [0.1, 0.15) is 23.4 Å². The molecule has 9 heteroatoms. The molecule has 1 aliphatic heterocycles. The Bertz CT molecular complexity index is 894. The minimum Gasteiger partial charge on any atom is -0.350 e. The van der Waals surface area contributed by atoms with Crippen molar-refractivity contribution in [2.45, 2.75) is 25.6 Å². The summed E-state index contributed by atoms with van der Waals surface area (Å²) in [5.74, 6) is 0.511. The number of hydrogen-bond donors (Lipinski definition) is 0. The Kier molecular flexibility index (Phi) is 3.26. The molecule has 0 aliphatic carbocycles. The van der Waals surface area contributed by atoms with Gasteiger partial charge < -0.3 is 4.90 Å². The number of rotatable bonds is 1. The first-order valence-corrected chi connectivity index (χ1v) is 7.60. The Labute approximate surface area is 135 Å². The Morgan fingerprint density at radius 2 is 2.08 bits per heavy atom. The lowest BCUT2D eigenvalue weighted by atomic mass is 10.2. The number of halogens is 3. The van der Waals surface area contributed by atoms with E-state index in [9.17, 15) is 13.2 Å². The summed E-state index contributed by atoms with van der Waals surface area (Å²) in [5.41, 5.74) is 1.69. The fourth-order valence-electron chi connectivity index (χ4n) is 3.16. The Balaban J connectivity index is 1.77. The van der Waals surface area contributed by atoms with Gasteiger partial charge in [-0.25, -0.2) is 9.50 Å². The first-order chi connectivity index (χ1) is 11.4. The molecule has 4 heterocycles. The number of fused-ring (bicyclic) bond motifs is 2. The molecular weight excluding hydrogens is 321 g/mol. The number of hydrogen-bond acceptors (Lipinski definition) is 4. The maximum Gasteiger partial charge on any atom is 0.435 e. The highest BCUT2D eigenvalue weighted by Crippen LogP contribution is 2.32. The highest BCUT2D eigenvalue weighted by atomic mass is 19.4. The van der Waals surface area contributed by atoms with Gasteiger partial charge in [0.2, 0.25) is 0 Å². The SMILES string of the molecule is Cn1ncc2c1CCCN(c1nccn3nc(C(F)(F)F)cc13)C2. The van der Waals surface area contributed by atoms with Gasteiger partial charge in [0.05, 0.1) is 6.20 Å². The summed E-state index contributed by atoms with van der Waals surface area (Å²) in [5, 5.41) is 7.89. The van der Waals surface area contributed by atoms with Crippen LogP contribution in [0.2, 0.25) is 0 Å². The number of alkyl halides is 3. The van der Waals surface area contributed by atoms with E-state index in [4.69, 9.17) is 0 Å². The summed E-state index contributed by atoms with van der Waals surface area (Å²) in [7, 11) is 1.90. The van der Waals surface area contributed by atoms with Crippen LogP contribution in [0.4, 0.5) is 19.0 Å². The summed E-state index contributed by atoms with van der Waals surface area (Å²) in [6.07, 6.45) is 2.02. The van der Waals surface area contributed by atoms with Crippen LogP contribution in [0.25, 0.3) is 5.52 Å². The van der Waals surface area contributed by atoms with Crippen molar-refractivity contribution in [2.24, 2.45) is 7.05 Å². The summed E-state index contributed by atoms with van der Waals surface area (Å²) >= 11 is 0. The molecule has 1 aliphatic rings. The van der Waals surface area contributed by atoms with E-state index in [-0.39, 0.29) is 0 Å². The number of anilines is 1. The van der Waals surface area contributed by atoms with Crippen molar-refractivity contribution in [1.29, 1.82) is 0 Å². The number of aryl methyl sites for hydroxylation is 1. The van der Waals surface area contributed by atoms with E-state index in [2.05, 4.69) is 15.2 Å². The largest absolute Gasteiger partial charge is 0.435 e. The topological polar surface area (TPSA) is 51.2 Å². The molecule has 0 amide bonds. The van der Waals surface area contributed by atoms with E-state index < -0.39 is 11.9 Å². The van der Waals surface area contributed by atoms with Gasteiger partial charge >= 0.3 is 6.18 Å². The molecule has 0 bridgehead atoms. The van der Waals surface area contributed by atoms with Crippen molar-refractivity contribution in [2.75, 3.05) is 11.4 Å². The third kappa shape index (κ3) is 2.40. The van der Waals surface area contributed by atoms with E-state index in [1.807, 2.05) is 22.8 Å². The molecule has 3 aromatic heterocycles. The maximum absolute atomic E-state index is 12.9. The van der Waals surface area contributed by atoms with Crippen molar-refractivity contribution in [3.63, 3.8) is 0 Å². The van der Waals surface area contributed by atoms with Gasteiger partial charge in [0.1, 0.15) is 5.52 Å². The van der Waals surface area contributed by atoms with Gasteiger partial charge in [-0.2, -0.15) is 23.4 Å². The number of aromatic nitrogens is 5. The second-order valence-corrected chi connectivity index (χ2v) is 5.87. The van der Waals surface area contributed by atoms with Crippen LogP contribution in [-0.4, -0.2) is 30.9 Å². The zero-order chi connectivity index (χ0) is 16.9. The average Bonchev–Trinajstić information content (AvgIpc) is 3.04. The lowest BCUT2D eigenvalue weighted by molar-refractivity contribution is -0.141. The van der Waals surface area contributed by atoms with Gasteiger partial charge in [0.25, 0.3) is 0 Å². The quantitative estimate of drug-likeness (QED) is 0.685. The average molecular weight is 336 g/mol. The number of nitrogens with zero attached hydrogens (tertiary/aromatic N) is 6. The Morgan fingerprint density at radius 1 is 1.25 bits per heavy atom. The normalized spacial score (nSPS) is 15.6. The van der Waals surface area contributed by atoms with Gasteiger partial charge in [0.15, 0.2) is 11.5 Å². The van der Waals surface area contributed by atoms with Crippen molar-refractivity contribution in [3.05, 3.63) is 41.6 Å². The smallest absolute Gasteiger partial charge is 0.350 e. The highest BCUT2D eigenvalue weighted by molar-refractivity contribution is 5.69. The van der Waals surface area contributed by atoms with Crippen LogP contribution in [-0.2, 0) is 26.2 Å². The molecule has 0 saturated carbocycles. The van der Waals surface area contributed by atoms with Crippen LogP contribution < -0.4 is 4.90 Å². The van der Waals surface area contributed by atoms with E-state index in [1.54, 1.807) is 0 Å². The van der Waals surface area contributed by atoms with Gasteiger partial charge in [-0.15, -0.1) is 0 Å². The van der Waals surface area contributed by atoms with Crippen LogP contribution in [0.15, 0.2) is 24.7 Å². The lowest BCUT2D eigenvalue weighted by Crippen LogP contribution is -2.24. The summed E-state index contributed by atoms with van der Waals surface area (Å²) in [4.78, 5) is 6.31. The summed E-state index contributed by atoms with van der Waals surface area (Å²) in [6, 6.07) is 1.05. The minimum atomic E-state index is -4.47. The standard InChI is InChI=1S/C15H15F3N6/c1-22-11-3-2-5-23(9-10(11)8-20-22)14-12-7-13(15(16,17)18)21-24(12)6-4-19-14/h4,6-8H,2-3,5,9H2,1H3. The third-order valence-electron chi connectivity index (χ3n) is 4.31. The second-order valence-electron chi connectivity index (χ2n) is 5.87. The first kappa shape index (κ1) is 15.0. The fraction of sp³-hybridized carbons (Fsp3) is 0.400. The van der Waals surface area contributed by atoms with Gasteiger partial charge in [-0.05, 0) is 12.8 Å².